The first kappa shape index (κ1) is 31.0. The molecule has 2 aliphatic carbocycles. The number of aliphatic hydroxyl groups excluding tert-OH is 1. The highest BCUT2D eigenvalue weighted by Crippen LogP contribution is 2.51. The fourth-order valence-corrected chi connectivity index (χ4v) is 6.22. The highest BCUT2D eigenvalue weighted by molar-refractivity contribution is 6.01. The molecule has 1 aromatic carbocycles. The Hall–Kier alpha value is -3.48. The van der Waals surface area contributed by atoms with Crippen molar-refractivity contribution in [3.05, 3.63) is 47.5 Å². The van der Waals surface area contributed by atoms with Crippen molar-refractivity contribution in [1.82, 2.24) is 20.0 Å². The van der Waals surface area contributed by atoms with Gasteiger partial charge in [0.1, 0.15) is 23.6 Å². The molecule has 0 spiro atoms. The van der Waals surface area contributed by atoms with Gasteiger partial charge in [-0.05, 0) is 88.0 Å². The Labute approximate surface area is 247 Å². The minimum atomic E-state index is -4.70. The number of halogens is 4. The van der Waals surface area contributed by atoms with E-state index in [0.29, 0.717) is 10.6 Å². The minimum Gasteiger partial charge on any atom is -0.391 e. The smallest absolute Gasteiger partial charge is 0.391 e. The van der Waals surface area contributed by atoms with Gasteiger partial charge in [0.15, 0.2) is 0 Å². The van der Waals surface area contributed by atoms with Gasteiger partial charge >= 0.3 is 6.18 Å². The van der Waals surface area contributed by atoms with E-state index in [-0.39, 0.29) is 35.0 Å². The minimum absolute atomic E-state index is 0.0811. The zero-order valence-electron chi connectivity index (χ0n) is 24.3. The Bertz CT molecular complexity index is 1360. The zero-order valence-corrected chi connectivity index (χ0v) is 24.3. The molecule has 0 bridgehead atoms. The van der Waals surface area contributed by atoms with Gasteiger partial charge in [-0.3, -0.25) is 19.1 Å². The van der Waals surface area contributed by atoms with Crippen LogP contribution in [0.25, 0.3) is 0 Å². The summed E-state index contributed by atoms with van der Waals surface area (Å²) in [5.74, 6) is -3.43. The van der Waals surface area contributed by atoms with Crippen LogP contribution in [-0.2, 0) is 9.59 Å². The molecule has 3 aliphatic rings. The number of carbonyl (C=O) groups is 3. The molecule has 3 fully saturated rings. The lowest BCUT2D eigenvalue weighted by Crippen LogP contribution is -2.50. The van der Waals surface area contributed by atoms with E-state index in [9.17, 15) is 32.7 Å². The lowest BCUT2D eigenvalue weighted by Gasteiger charge is -2.29. The summed E-state index contributed by atoms with van der Waals surface area (Å²) in [4.78, 5) is 40.5. The van der Waals surface area contributed by atoms with Crippen molar-refractivity contribution < 1.29 is 37.1 Å². The number of hydrogen-bond acceptors (Lipinski definition) is 5. The Morgan fingerprint density at radius 2 is 1.70 bits per heavy atom. The summed E-state index contributed by atoms with van der Waals surface area (Å²) in [7, 11) is 0. The molecule has 3 N–H and O–H groups in total. The zero-order chi connectivity index (χ0) is 31.2. The van der Waals surface area contributed by atoms with Crippen LogP contribution in [-0.4, -0.2) is 68.4 Å². The molecule has 1 saturated heterocycles. The van der Waals surface area contributed by atoms with Crippen LogP contribution in [0.1, 0.15) is 80.9 Å². The Kier molecular flexibility index (Phi) is 8.56. The van der Waals surface area contributed by atoms with Crippen LogP contribution in [0.5, 0.6) is 0 Å². The van der Waals surface area contributed by atoms with E-state index in [1.165, 1.54) is 25.3 Å². The highest BCUT2D eigenvalue weighted by atomic mass is 19.4. The van der Waals surface area contributed by atoms with Crippen molar-refractivity contribution in [2.45, 2.75) is 89.2 Å². The second-order valence-electron chi connectivity index (χ2n) is 12.3. The van der Waals surface area contributed by atoms with Gasteiger partial charge in [-0.1, -0.05) is 6.07 Å². The van der Waals surface area contributed by atoms with Crippen LogP contribution in [0, 0.1) is 23.6 Å². The molecule has 234 valence electrons. The standard InChI is InChI=1S/C30H37F4N5O4/c1-15(2)39-23(10-11-35-39)27(41)37-26(25(17-4-5-17)18-6-7-18)28(42)36-22-9-8-19(12-21(22)31)16(3)29(43)38-14-20(40)13-24(38)30(32,33)34/h8-12,15-18,20,24-26,40H,4-7,13-14H2,1-3H3,(H,36,42)(H,37,41)/t16-,20?,24?,26-/m0/s1. The summed E-state index contributed by atoms with van der Waals surface area (Å²) in [6.45, 7) is 4.68. The number of hydrogen-bond donors (Lipinski definition) is 3. The van der Waals surface area contributed by atoms with Gasteiger partial charge in [0, 0.05) is 25.2 Å². The topological polar surface area (TPSA) is 117 Å². The third kappa shape index (κ3) is 6.71. The van der Waals surface area contributed by atoms with Crippen molar-refractivity contribution in [3.63, 3.8) is 0 Å². The van der Waals surface area contributed by atoms with Crippen LogP contribution in [0.15, 0.2) is 30.5 Å². The lowest BCUT2D eigenvalue weighted by atomic mass is 9.88. The van der Waals surface area contributed by atoms with Crippen molar-refractivity contribution >= 4 is 23.4 Å². The molecule has 3 amide bonds. The summed E-state index contributed by atoms with van der Waals surface area (Å²) in [6.07, 6.45) is -1.31. The molecule has 9 nitrogen and oxygen atoms in total. The van der Waals surface area contributed by atoms with Crippen molar-refractivity contribution in [2.24, 2.45) is 17.8 Å². The lowest BCUT2D eigenvalue weighted by molar-refractivity contribution is -0.183. The van der Waals surface area contributed by atoms with Gasteiger partial charge in [-0.2, -0.15) is 18.3 Å². The fraction of sp³-hybridized carbons (Fsp3) is 0.600. The molecular formula is C30H37F4N5O4. The number of benzene rings is 1. The number of aliphatic hydroxyl groups is 1. The molecule has 2 aromatic rings. The average Bonchev–Trinajstić information content (AvgIpc) is 3.87. The number of likely N-dealkylation sites (tertiary alicyclic amines) is 1. The van der Waals surface area contributed by atoms with Crippen LogP contribution in [0.4, 0.5) is 23.2 Å². The van der Waals surface area contributed by atoms with Crippen LogP contribution in [0.2, 0.25) is 0 Å². The second kappa shape index (κ2) is 11.9. The molecule has 1 aromatic heterocycles. The molecule has 2 heterocycles. The van der Waals surface area contributed by atoms with E-state index in [1.807, 2.05) is 13.8 Å². The number of aromatic nitrogens is 2. The van der Waals surface area contributed by atoms with Crippen LogP contribution >= 0.6 is 0 Å². The molecular weight excluding hydrogens is 570 g/mol. The van der Waals surface area contributed by atoms with E-state index >= 15 is 4.39 Å². The van der Waals surface area contributed by atoms with Crippen molar-refractivity contribution in [2.75, 3.05) is 11.9 Å². The normalized spacial score (nSPS) is 22.1. The first-order chi connectivity index (χ1) is 20.3. The molecule has 0 radical (unpaired) electrons. The first-order valence-corrected chi connectivity index (χ1v) is 14.8. The van der Waals surface area contributed by atoms with Gasteiger partial charge in [-0.25, -0.2) is 4.39 Å². The van der Waals surface area contributed by atoms with Crippen LogP contribution < -0.4 is 10.6 Å². The maximum absolute atomic E-state index is 15.3. The fourth-order valence-electron chi connectivity index (χ4n) is 6.22. The van der Waals surface area contributed by atoms with Gasteiger partial charge in [0.2, 0.25) is 11.8 Å². The third-order valence-electron chi connectivity index (χ3n) is 8.74. The summed E-state index contributed by atoms with van der Waals surface area (Å²) < 4.78 is 57.2. The van der Waals surface area contributed by atoms with Crippen molar-refractivity contribution in [3.8, 4) is 0 Å². The van der Waals surface area contributed by atoms with Gasteiger partial charge in [0.05, 0.1) is 17.7 Å². The average molecular weight is 608 g/mol. The SMILES string of the molecule is CC(C)n1nccc1C(=O)N[C@H](C(=O)Nc1ccc([C@H](C)C(=O)N2CC(O)CC2C(F)(F)F)cc1F)C(C1CC1)C1CC1. The molecule has 2 saturated carbocycles. The van der Waals surface area contributed by atoms with E-state index in [0.717, 1.165) is 31.7 Å². The predicted octanol–water partition coefficient (Wildman–Crippen LogP) is 4.40. The van der Waals surface area contributed by atoms with E-state index in [4.69, 9.17) is 0 Å². The number of amides is 3. The summed E-state index contributed by atoms with van der Waals surface area (Å²) in [5, 5.41) is 19.5. The number of β-amino-alcohol motifs (C(OH)–C–C–N with tert-alkyl or cyclic N) is 1. The molecule has 5 rings (SSSR count). The van der Waals surface area contributed by atoms with E-state index in [1.54, 1.807) is 10.7 Å². The molecule has 1 aliphatic heterocycles. The first-order valence-electron chi connectivity index (χ1n) is 14.8. The van der Waals surface area contributed by atoms with Gasteiger partial charge < -0.3 is 20.6 Å². The largest absolute Gasteiger partial charge is 0.408 e. The van der Waals surface area contributed by atoms with Gasteiger partial charge in [0.25, 0.3) is 5.91 Å². The number of nitrogens with zero attached hydrogens (tertiary/aromatic N) is 3. The maximum atomic E-state index is 15.3. The summed E-state index contributed by atoms with van der Waals surface area (Å²) >= 11 is 0. The Morgan fingerprint density at radius 3 is 2.26 bits per heavy atom. The Balaban J connectivity index is 1.33. The number of carbonyl (C=O) groups excluding carboxylic acids is 3. The highest BCUT2D eigenvalue weighted by Gasteiger charge is 2.51. The number of alkyl halides is 3. The van der Waals surface area contributed by atoms with Crippen molar-refractivity contribution in [1.29, 1.82) is 0 Å². The number of nitrogens with one attached hydrogen (secondary N) is 2. The predicted molar refractivity (Wildman–Crippen MR) is 148 cm³/mol. The van der Waals surface area contributed by atoms with Gasteiger partial charge in [-0.15, -0.1) is 0 Å². The van der Waals surface area contributed by atoms with Crippen LogP contribution in [0.3, 0.4) is 0 Å². The third-order valence-corrected chi connectivity index (χ3v) is 8.74. The monoisotopic (exact) mass is 607 g/mol. The number of anilines is 1. The quantitative estimate of drug-likeness (QED) is 0.346. The maximum Gasteiger partial charge on any atom is 0.408 e. The summed E-state index contributed by atoms with van der Waals surface area (Å²) in [6, 6.07) is 2.13. The number of rotatable bonds is 10. The summed E-state index contributed by atoms with van der Waals surface area (Å²) in [5.41, 5.74) is 0.268. The van der Waals surface area contributed by atoms with E-state index in [2.05, 4.69) is 15.7 Å². The molecule has 4 atom stereocenters. The molecule has 2 unspecified atom stereocenters. The molecule has 43 heavy (non-hydrogen) atoms. The molecule has 13 heteroatoms. The second-order valence-corrected chi connectivity index (χ2v) is 12.3. The van der Waals surface area contributed by atoms with E-state index < -0.39 is 66.8 Å². The Morgan fingerprint density at radius 1 is 1.05 bits per heavy atom.